The first-order chi connectivity index (χ1) is 10.1. The lowest BCUT2D eigenvalue weighted by Crippen LogP contribution is -1.98. The first kappa shape index (κ1) is 13.1. The number of aryl methyl sites for hydroxylation is 1. The normalized spacial score (nSPS) is 10.5. The van der Waals surface area contributed by atoms with Gasteiger partial charge in [-0.3, -0.25) is 0 Å². The van der Waals surface area contributed by atoms with Crippen molar-refractivity contribution in [1.29, 1.82) is 0 Å². The first-order valence-electron chi connectivity index (χ1n) is 6.60. The predicted molar refractivity (Wildman–Crippen MR) is 80.7 cm³/mol. The van der Waals surface area contributed by atoms with Crippen molar-refractivity contribution in [1.82, 2.24) is 9.78 Å². The van der Waals surface area contributed by atoms with Crippen LogP contribution in [0.25, 0.3) is 16.9 Å². The van der Waals surface area contributed by atoms with E-state index in [4.69, 9.17) is 5.11 Å². The Balaban J connectivity index is 1.90. The van der Waals surface area contributed by atoms with Gasteiger partial charge in [-0.15, -0.1) is 0 Å². The van der Waals surface area contributed by atoms with Crippen molar-refractivity contribution < 1.29 is 9.90 Å². The van der Waals surface area contributed by atoms with E-state index in [0.29, 0.717) is 0 Å². The standard InChI is InChI=1S/C17H14N2O2/c1-12-2-4-13(5-3-12)16-10-11-19(18-16)15-8-6-14(7-9-15)17(20)21/h2-11H,1H3,(H,20,21). The molecule has 3 rings (SSSR count). The van der Waals surface area contributed by atoms with Crippen molar-refractivity contribution in [3.63, 3.8) is 0 Å². The first-order valence-corrected chi connectivity index (χ1v) is 6.60. The third-order valence-electron chi connectivity index (χ3n) is 3.32. The molecule has 0 saturated heterocycles. The summed E-state index contributed by atoms with van der Waals surface area (Å²) in [6.45, 7) is 2.05. The zero-order valence-corrected chi connectivity index (χ0v) is 11.5. The molecule has 0 atom stereocenters. The van der Waals surface area contributed by atoms with E-state index < -0.39 is 5.97 Å². The van der Waals surface area contributed by atoms with E-state index in [-0.39, 0.29) is 5.56 Å². The van der Waals surface area contributed by atoms with Crippen molar-refractivity contribution in [3.8, 4) is 16.9 Å². The number of rotatable bonds is 3. The monoisotopic (exact) mass is 278 g/mol. The molecule has 1 N–H and O–H groups in total. The minimum atomic E-state index is -0.928. The molecule has 0 aliphatic rings. The fraction of sp³-hybridized carbons (Fsp3) is 0.0588. The molecule has 0 saturated carbocycles. The zero-order chi connectivity index (χ0) is 14.8. The smallest absolute Gasteiger partial charge is 0.335 e. The summed E-state index contributed by atoms with van der Waals surface area (Å²) >= 11 is 0. The number of hydrogen-bond donors (Lipinski definition) is 1. The van der Waals surface area contributed by atoms with Crippen LogP contribution in [0.4, 0.5) is 0 Å². The van der Waals surface area contributed by atoms with Gasteiger partial charge in [0.05, 0.1) is 16.9 Å². The van der Waals surface area contributed by atoms with E-state index in [1.165, 1.54) is 5.56 Å². The third kappa shape index (κ3) is 2.69. The minimum absolute atomic E-state index is 0.268. The highest BCUT2D eigenvalue weighted by Gasteiger charge is 2.05. The number of hydrogen-bond acceptors (Lipinski definition) is 2. The fourth-order valence-corrected chi connectivity index (χ4v) is 2.10. The van der Waals surface area contributed by atoms with Gasteiger partial charge in [-0.25, -0.2) is 9.48 Å². The van der Waals surface area contributed by atoms with E-state index in [1.54, 1.807) is 28.9 Å². The molecule has 4 nitrogen and oxygen atoms in total. The number of carbonyl (C=O) groups is 1. The van der Waals surface area contributed by atoms with Gasteiger partial charge in [0.1, 0.15) is 0 Å². The number of benzene rings is 2. The van der Waals surface area contributed by atoms with E-state index >= 15 is 0 Å². The highest BCUT2D eigenvalue weighted by atomic mass is 16.4. The number of nitrogens with zero attached hydrogens (tertiary/aromatic N) is 2. The average molecular weight is 278 g/mol. The van der Waals surface area contributed by atoms with Gasteiger partial charge in [-0.2, -0.15) is 5.10 Å². The minimum Gasteiger partial charge on any atom is -0.478 e. The van der Waals surface area contributed by atoms with Crippen molar-refractivity contribution in [2.24, 2.45) is 0 Å². The van der Waals surface area contributed by atoms with Gasteiger partial charge in [-0.05, 0) is 37.3 Å². The van der Waals surface area contributed by atoms with Crippen LogP contribution in [-0.2, 0) is 0 Å². The molecule has 1 aromatic heterocycles. The number of aromatic nitrogens is 2. The lowest BCUT2D eigenvalue weighted by atomic mass is 10.1. The van der Waals surface area contributed by atoms with Crippen LogP contribution >= 0.6 is 0 Å². The van der Waals surface area contributed by atoms with Crippen molar-refractivity contribution in [2.45, 2.75) is 6.92 Å². The molecule has 1 heterocycles. The molecule has 0 aliphatic carbocycles. The van der Waals surface area contributed by atoms with Gasteiger partial charge in [0.2, 0.25) is 0 Å². The molecule has 0 spiro atoms. The van der Waals surface area contributed by atoms with Crippen LogP contribution in [0.5, 0.6) is 0 Å². The second-order valence-corrected chi connectivity index (χ2v) is 4.86. The SMILES string of the molecule is Cc1ccc(-c2ccn(-c3ccc(C(=O)O)cc3)n2)cc1. The molecular formula is C17H14N2O2. The average Bonchev–Trinajstić information content (AvgIpc) is 2.98. The van der Waals surface area contributed by atoms with Crippen molar-refractivity contribution in [2.75, 3.05) is 0 Å². The van der Waals surface area contributed by atoms with E-state index in [1.807, 2.05) is 31.3 Å². The Bertz CT molecular complexity index is 771. The molecule has 3 aromatic rings. The number of carboxylic acid groups (broad SMARTS) is 1. The van der Waals surface area contributed by atoms with Gasteiger partial charge in [0.15, 0.2) is 0 Å². The van der Waals surface area contributed by atoms with Gasteiger partial charge in [-0.1, -0.05) is 29.8 Å². The van der Waals surface area contributed by atoms with Crippen LogP contribution in [0.3, 0.4) is 0 Å². The van der Waals surface area contributed by atoms with Crippen molar-refractivity contribution in [3.05, 3.63) is 71.9 Å². The molecular weight excluding hydrogens is 264 g/mol. The Morgan fingerprint density at radius 2 is 1.67 bits per heavy atom. The summed E-state index contributed by atoms with van der Waals surface area (Å²) in [5, 5.41) is 13.4. The molecule has 0 bridgehead atoms. The molecule has 21 heavy (non-hydrogen) atoms. The Morgan fingerprint density at radius 3 is 2.29 bits per heavy atom. The summed E-state index contributed by atoms with van der Waals surface area (Å²) in [6, 6.07) is 16.8. The molecule has 0 amide bonds. The Hall–Kier alpha value is -2.88. The second kappa shape index (κ2) is 5.25. The molecule has 2 aromatic carbocycles. The predicted octanol–water partition coefficient (Wildman–Crippen LogP) is 3.55. The maximum atomic E-state index is 10.8. The Kier molecular flexibility index (Phi) is 3.28. The summed E-state index contributed by atoms with van der Waals surface area (Å²) in [6.07, 6.45) is 1.87. The summed E-state index contributed by atoms with van der Waals surface area (Å²) in [5.74, 6) is -0.928. The molecule has 0 radical (unpaired) electrons. The van der Waals surface area contributed by atoms with Crippen LogP contribution in [0.15, 0.2) is 60.8 Å². The van der Waals surface area contributed by atoms with Crippen LogP contribution in [-0.4, -0.2) is 20.9 Å². The lowest BCUT2D eigenvalue weighted by molar-refractivity contribution is 0.0697. The maximum absolute atomic E-state index is 10.8. The highest BCUT2D eigenvalue weighted by molar-refractivity contribution is 5.87. The molecule has 104 valence electrons. The lowest BCUT2D eigenvalue weighted by Gasteiger charge is -2.02. The van der Waals surface area contributed by atoms with Crippen LogP contribution < -0.4 is 0 Å². The van der Waals surface area contributed by atoms with E-state index in [2.05, 4.69) is 17.2 Å². The second-order valence-electron chi connectivity index (χ2n) is 4.86. The van der Waals surface area contributed by atoms with E-state index in [0.717, 1.165) is 16.9 Å². The molecule has 4 heteroatoms. The van der Waals surface area contributed by atoms with Gasteiger partial charge in [0, 0.05) is 11.8 Å². The molecule has 0 aliphatic heterocycles. The van der Waals surface area contributed by atoms with Crippen LogP contribution in [0.1, 0.15) is 15.9 Å². The summed E-state index contributed by atoms with van der Waals surface area (Å²) < 4.78 is 1.74. The quantitative estimate of drug-likeness (QED) is 0.797. The Labute approximate surface area is 122 Å². The summed E-state index contributed by atoms with van der Waals surface area (Å²) in [5.41, 5.74) is 4.25. The van der Waals surface area contributed by atoms with Gasteiger partial charge >= 0.3 is 5.97 Å². The van der Waals surface area contributed by atoms with Gasteiger partial charge in [0.25, 0.3) is 0 Å². The van der Waals surface area contributed by atoms with Gasteiger partial charge < -0.3 is 5.11 Å². The van der Waals surface area contributed by atoms with E-state index in [9.17, 15) is 4.79 Å². The summed E-state index contributed by atoms with van der Waals surface area (Å²) in [4.78, 5) is 10.8. The maximum Gasteiger partial charge on any atom is 0.335 e. The van der Waals surface area contributed by atoms with Crippen LogP contribution in [0, 0.1) is 6.92 Å². The molecule has 0 fully saturated rings. The number of carboxylic acids is 1. The van der Waals surface area contributed by atoms with Crippen molar-refractivity contribution >= 4 is 5.97 Å². The largest absolute Gasteiger partial charge is 0.478 e. The Morgan fingerprint density at radius 1 is 1.00 bits per heavy atom. The molecule has 0 unspecified atom stereocenters. The fourth-order valence-electron chi connectivity index (χ4n) is 2.10. The third-order valence-corrected chi connectivity index (χ3v) is 3.32. The van der Waals surface area contributed by atoms with Crippen LogP contribution in [0.2, 0.25) is 0 Å². The zero-order valence-electron chi connectivity index (χ0n) is 11.5. The topological polar surface area (TPSA) is 55.1 Å². The summed E-state index contributed by atoms with van der Waals surface area (Å²) in [7, 11) is 0. The highest BCUT2D eigenvalue weighted by Crippen LogP contribution is 2.19. The number of aromatic carboxylic acids is 1.